The van der Waals surface area contributed by atoms with Crippen LogP contribution in [0.15, 0.2) is 41.3 Å². The summed E-state index contributed by atoms with van der Waals surface area (Å²) in [4.78, 5) is 35.7. The summed E-state index contributed by atoms with van der Waals surface area (Å²) in [5, 5.41) is 0.290. The third-order valence-corrected chi connectivity index (χ3v) is 9.23. The second kappa shape index (κ2) is 14.6. The minimum Gasteiger partial charge on any atom is -0.466 e. The molecule has 2 aromatic heterocycles. The summed E-state index contributed by atoms with van der Waals surface area (Å²) in [7, 11) is 0. The first kappa shape index (κ1) is 35.9. The van der Waals surface area contributed by atoms with E-state index < -0.39 is 29.5 Å². The predicted molar refractivity (Wildman–Crippen MR) is 171 cm³/mol. The molecule has 0 radical (unpaired) electrons. The van der Waals surface area contributed by atoms with Gasteiger partial charge in [0, 0.05) is 44.6 Å². The van der Waals surface area contributed by atoms with Gasteiger partial charge in [-0.3, -0.25) is 4.79 Å². The third-order valence-electron chi connectivity index (χ3n) is 8.55. The summed E-state index contributed by atoms with van der Waals surface area (Å²) < 4.78 is 87.9. The molecule has 9 nitrogen and oxygen atoms in total. The van der Waals surface area contributed by atoms with E-state index in [0.29, 0.717) is 66.6 Å². The van der Waals surface area contributed by atoms with Gasteiger partial charge in [0.1, 0.15) is 5.02 Å². The molecule has 2 aliphatic rings. The Morgan fingerprint density at radius 3 is 2.19 bits per heavy atom. The van der Waals surface area contributed by atoms with E-state index in [4.69, 9.17) is 21.3 Å². The van der Waals surface area contributed by atoms with E-state index in [-0.39, 0.29) is 48.6 Å². The fourth-order valence-corrected chi connectivity index (χ4v) is 6.57. The second-order valence-corrected chi connectivity index (χ2v) is 13.0. The predicted octanol–water partition coefficient (Wildman–Crippen LogP) is 7.56. The standard InChI is InChI=1S/C31H33BrClF6N7O2/c1-3-23-12-24(17-45(23)26-25(33)15-42-29(43-26)44-7-5-19(6-8-44)27(47)48-4-2)46(28-40-13-22(32)14-41-28)16-18-9-20(30(34,35)36)11-21(10-18)31(37,38)39/h9-11,13-15,19,23-24H,3-8,12,16-17H2,1-2H3/t23-,24+/m1/s1. The van der Waals surface area contributed by atoms with Gasteiger partial charge in [0.05, 0.1) is 40.4 Å². The Morgan fingerprint density at radius 1 is 1.00 bits per heavy atom. The zero-order chi connectivity index (χ0) is 34.8. The molecule has 2 saturated heterocycles. The van der Waals surface area contributed by atoms with E-state index in [9.17, 15) is 31.1 Å². The number of ether oxygens (including phenoxy) is 1. The summed E-state index contributed by atoms with van der Waals surface area (Å²) in [5.74, 6) is 0.616. The molecule has 0 unspecified atom stereocenters. The molecule has 17 heteroatoms. The lowest BCUT2D eigenvalue weighted by Gasteiger charge is -2.32. The smallest absolute Gasteiger partial charge is 0.416 e. The minimum atomic E-state index is -4.98. The van der Waals surface area contributed by atoms with E-state index in [2.05, 4.69) is 30.9 Å². The van der Waals surface area contributed by atoms with Gasteiger partial charge in [-0.15, -0.1) is 0 Å². The number of esters is 1. The van der Waals surface area contributed by atoms with Crippen molar-refractivity contribution in [3.63, 3.8) is 0 Å². The lowest BCUT2D eigenvalue weighted by Crippen LogP contribution is -2.39. The Hall–Kier alpha value is -3.40. The number of carbonyl (C=O) groups is 1. The number of hydrogen-bond donors (Lipinski definition) is 0. The van der Waals surface area contributed by atoms with Crippen molar-refractivity contribution in [1.29, 1.82) is 0 Å². The fourth-order valence-electron chi connectivity index (χ4n) is 6.17. The average Bonchev–Trinajstić information content (AvgIpc) is 3.47. The Balaban J connectivity index is 1.44. The van der Waals surface area contributed by atoms with Crippen molar-refractivity contribution in [2.75, 3.05) is 40.9 Å². The number of anilines is 3. The first-order valence-electron chi connectivity index (χ1n) is 15.4. The summed E-state index contributed by atoms with van der Waals surface area (Å²) in [5.41, 5.74) is -2.98. The molecule has 5 rings (SSSR count). The topological polar surface area (TPSA) is 87.6 Å². The quantitative estimate of drug-likeness (QED) is 0.162. The number of rotatable bonds is 9. The van der Waals surface area contributed by atoms with E-state index in [1.807, 2.05) is 16.7 Å². The molecule has 1 aromatic carbocycles. The van der Waals surface area contributed by atoms with Gasteiger partial charge in [0.15, 0.2) is 5.82 Å². The molecule has 2 atom stereocenters. The second-order valence-electron chi connectivity index (χ2n) is 11.7. The van der Waals surface area contributed by atoms with Crippen LogP contribution in [0.5, 0.6) is 0 Å². The van der Waals surface area contributed by atoms with Crippen molar-refractivity contribution < 1.29 is 35.9 Å². The Morgan fingerprint density at radius 2 is 1.62 bits per heavy atom. The first-order valence-corrected chi connectivity index (χ1v) is 16.6. The number of alkyl halides is 6. The number of piperidine rings is 1. The van der Waals surface area contributed by atoms with Crippen LogP contribution in [-0.2, 0) is 28.4 Å². The summed E-state index contributed by atoms with van der Waals surface area (Å²) in [6.07, 6.45) is -3.25. The maximum Gasteiger partial charge on any atom is 0.416 e. The van der Waals surface area contributed by atoms with Gasteiger partial charge in [-0.25, -0.2) is 15.0 Å². The average molecular weight is 765 g/mol. The van der Waals surface area contributed by atoms with Gasteiger partial charge in [-0.1, -0.05) is 18.5 Å². The van der Waals surface area contributed by atoms with Gasteiger partial charge in [0.2, 0.25) is 11.9 Å². The molecule has 2 fully saturated rings. The maximum absolute atomic E-state index is 13.7. The normalized spacial score (nSPS) is 19.1. The molecule has 0 N–H and O–H groups in total. The molecule has 0 amide bonds. The third kappa shape index (κ3) is 8.24. The summed E-state index contributed by atoms with van der Waals surface area (Å²) in [6, 6.07) is 1.00. The highest BCUT2D eigenvalue weighted by atomic mass is 79.9. The van der Waals surface area contributed by atoms with Crippen LogP contribution < -0.4 is 14.7 Å². The molecule has 0 bridgehead atoms. The van der Waals surface area contributed by atoms with E-state index in [0.717, 1.165) is 12.1 Å². The van der Waals surface area contributed by atoms with Gasteiger partial charge in [-0.05, 0) is 72.3 Å². The lowest BCUT2D eigenvalue weighted by molar-refractivity contribution is -0.148. The van der Waals surface area contributed by atoms with Gasteiger partial charge in [-0.2, -0.15) is 31.3 Å². The Labute approximate surface area is 286 Å². The largest absolute Gasteiger partial charge is 0.466 e. The van der Waals surface area contributed by atoms with Gasteiger partial charge < -0.3 is 19.4 Å². The first-order chi connectivity index (χ1) is 22.7. The highest BCUT2D eigenvalue weighted by Crippen LogP contribution is 2.39. The molecule has 0 aliphatic carbocycles. The van der Waals surface area contributed by atoms with Crippen molar-refractivity contribution >= 4 is 51.2 Å². The van der Waals surface area contributed by atoms with Gasteiger partial charge >= 0.3 is 18.3 Å². The Bertz CT molecular complexity index is 1560. The minimum absolute atomic E-state index is 0.114. The molecular weight excluding hydrogens is 732 g/mol. The van der Waals surface area contributed by atoms with E-state index >= 15 is 0 Å². The number of aromatic nitrogens is 4. The van der Waals surface area contributed by atoms with Crippen molar-refractivity contribution in [2.45, 2.75) is 70.5 Å². The molecule has 260 valence electrons. The Kier molecular flexibility index (Phi) is 10.9. The van der Waals surface area contributed by atoms with Crippen LogP contribution in [0.25, 0.3) is 0 Å². The fraction of sp³-hybridized carbons (Fsp3) is 0.516. The number of halogens is 8. The highest BCUT2D eigenvalue weighted by Gasteiger charge is 2.40. The monoisotopic (exact) mass is 763 g/mol. The van der Waals surface area contributed by atoms with Crippen molar-refractivity contribution in [1.82, 2.24) is 19.9 Å². The van der Waals surface area contributed by atoms with Crippen molar-refractivity contribution in [2.24, 2.45) is 5.92 Å². The summed E-state index contributed by atoms with van der Waals surface area (Å²) in [6.45, 7) is 5.09. The van der Waals surface area contributed by atoms with Crippen LogP contribution in [0.1, 0.15) is 56.2 Å². The van der Waals surface area contributed by atoms with Crippen LogP contribution >= 0.6 is 27.5 Å². The number of nitrogens with zero attached hydrogens (tertiary/aromatic N) is 7. The van der Waals surface area contributed by atoms with Crippen LogP contribution in [0.2, 0.25) is 5.02 Å². The molecule has 4 heterocycles. The zero-order valence-electron chi connectivity index (χ0n) is 26.0. The highest BCUT2D eigenvalue weighted by molar-refractivity contribution is 9.10. The number of hydrogen-bond acceptors (Lipinski definition) is 9. The van der Waals surface area contributed by atoms with E-state index in [1.165, 1.54) is 18.6 Å². The number of carbonyl (C=O) groups excluding carboxylic acids is 1. The molecule has 48 heavy (non-hydrogen) atoms. The van der Waals surface area contributed by atoms with Crippen molar-refractivity contribution in [3.8, 4) is 0 Å². The van der Waals surface area contributed by atoms with Gasteiger partial charge in [0.25, 0.3) is 0 Å². The van der Waals surface area contributed by atoms with Crippen LogP contribution in [0.3, 0.4) is 0 Å². The molecule has 3 aromatic rings. The lowest BCUT2D eigenvalue weighted by atomic mass is 9.97. The molecule has 0 saturated carbocycles. The molecular formula is C31H33BrClF6N7O2. The zero-order valence-corrected chi connectivity index (χ0v) is 28.4. The van der Waals surface area contributed by atoms with Crippen molar-refractivity contribution in [3.05, 3.63) is 63.0 Å². The molecule has 0 spiro atoms. The van der Waals surface area contributed by atoms with Crippen LogP contribution in [0, 0.1) is 5.92 Å². The van der Waals surface area contributed by atoms with Crippen LogP contribution in [-0.4, -0.2) is 64.2 Å². The molecule has 2 aliphatic heterocycles. The van der Waals surface area contributed by atoms with Crippen LogP contribution in [0.4, 0.5) is 44.1 Å². The summed E-state index contributed by atoms with van der Waals surface area (Å²) >= 11 is 9.92. The number of benzene rings is 1. The maximum atomic E-state index is 13.7. The SMILES string of the molecule is CCOC(=O)C1CCN(c2ncc(Cl)c(N3C[C@@H](N(Cc4cc(C(F)(F)F)cc(C(F)(F)F)c4)c4ncc(Br)cn4)C[C@H]3CC)n2)CC1. The van der Waals surface area contributed by atoms with E-state index in [1.54, 1.807) is 11.8 Å².